The number of amides is 1. The zero-order chi connectivity index (χ0) is 20.8. The van der Waals surface area contributed by atoms with E-state index in [2.05, 4.69) is 55.5 Å². The number of piperidine rings is 1. The number of hydrogen-bond acceptors (Lipinski definition) is 2. The molecule has 30 heavy (non-hydrogen) atoms. The SMILES string of the molecule is Cc1ccc(C[NH+](Cc2ccccc2)Cc2ccc(C(=O)N3CCCCC3)o2)cc1. The fourth-order valence-corrected chi connectivity index (χ4v) is 4.15. The predicted octanol–water partition coefficient (Wildman–Crippen LogP) is 4.00. The number of rotatable bonds is 7. The Bertz CT molecular complexity index is 941. The molecule has 1 aliphatic rings. The smallest absolute Gasteiger partial charge is 0.289 e. The number of furan rings is 1. The second-order valence-electron chi connectivity index (χ2n) is 8.37. The van der Waals surface area contributed by atoms with Crippen LogP contribution in [0.25, 0.3) is 0 Å². The maximum absolute atomic E-state index is 12.7. The fraction of sp³-hybridized carbons (Fsp3) is 0.346. The standard InChI is InChI=1S/C26H30N2O2/c1-21-10-12-23(13-11-21)19-27(18-22-8-4-2-5-9-22)20-24-14-15-25(30-24)26(29)28-16-6-3-7-17-28/h2,4-5,8-15H,3,6-7,16-20H2,1H3/p+1. The molecule has 1 N–H and O–H groups in total. The van der Waals surface area contributed by atoms with Crippen LogP contribution in [0.3, 0.4) is 0 Å². The van der Waals surface area contributed by atoms with Gasteiger partial charge >= 0.3 is 0 Å². The van der Waals surface area contributed by atoms with Crippen LogP contribution in [0.2, 0.25) is 0 Å². The first-order valence-corrected chi connectivity index (χ1v) is 11.0. The third kappa shape index (κ3) is 5.39. The molecule has 1 amide bonds. The number of aryl methyl sites for hydroxylation is 1. The number of carbonyl (C=O) groups is 1. The summed E-state index contributed by atoms with van der Waals surface area (Å²) in [6.07, 6.45) is 3.39. The predicted molar refractivity (Wildman–Crippen MR) is 118 cm³/mol. The van der Waals surface area contributed by atoms with Gasteiger partial charge in [-0.05, 0) is 38.3 Å². The first-order valence-electron chi connectivity index (χ1n) is 11.0. The molecule has 1 fully saturated rings. The maximum atomic E-state index is 12.7. The fourth-order valence-electron chi connectivity index (χ4n) is 4.15. The first-order chi connectivity index (χ1) is 14.7. The van der Waals surface area contributed by atoms with Crippen molar-refractivity contribution in [2.24, 2.45) is 0 Å². The summed E-state index contributed by atoms with van der Waals surface area (Å²) >= 11 is 0. The Kier molecular flexibility index (Phi) is 6.65. The molecular weight excluding hydrogens is 372 g/mol. The molecule has 3 aromatic rings. The number of nitrogens with zero attached hydrogens (tertiary/aromatic N) is 1. The largest absolute Gasteiger partial charge is 0.450 e. The molecule has 0 radical (unpaired) electrons. The minimum absolute atomic E-state index is 0.0316. The molecule has 4 nitrogen and oxygen atoms in total. The first kappa shape index (κ1) is 20.4. The monoisotopic (exact) mass is 403 g/mol. The zero-order valence-corrected chi connectivity index (χ0v) is 17.8. The van der Waals surface area contributed by atoms with E-state index < -0.39 is 0 Å². The van der Waals surface area contributed by atoms with Crippen molar-refractivity contribution in [2.45, 2.75) is 45.8 Å². The van der Waals surface area contributed by atoms with Crippen LogP contribution in [0.1, 0.15) is 52.3 Å². The summed E-state index contributed by atoms with van der Waals surface area (Å²) in [5.74, 6) is 1.37. The lowest BCUT2D eigenvalue weighted by Gasteiger charge is -2.25. The second kappa shape index (κ2) is 9.77. The van der Waals surface area contributed by atoms with Crippen molar-refractivity contribution in [1.82, 2.24) is 4.90 Å². The summed E-state index contributed by atoms with van der Waals surface area (Å²) in [4.78, 5) is 16.0. The molecule has 1 saturated heterocycles. The van der Waals surface area contributed by atoms with Gasteiger partial charge in [0.05, 0.1) is 0 Å². The molecule has 2 heterocycles. The molecule has 0 saturated carbocycles. The third-order valence-corrected chi connectivity index (χ3v) is 5.81. The number of hydrogen-bond donors (Lipinski definition) is 1. The maximum Gasteiger partial charge on any atom is 0.289 e. The highest BCUT2D eigenvalue weighted by Crippen LogP contribution is 2.15. The van der Waals surface area contributed by atoms with E-state index in [4.69, 9.17) is 4.42 Å². The minimum atomic E-state index is 0.0316. The molecule has 4 rings (SSSR count). The van der Waals surface area contributed by atoms with Crippen LogP contribution in [0.5, 0.6) is 0 Å². The molecule has 1 unspecified atom stereocenters. The van der Waals surface area contributed by atoms with E-state index in [9.17, 15) is 4.79 Å². The Hall–Kier alpha value is -2.85. The van der Waals surface area contributed by atoms with Gasteiger partial charge in [-0.25, -0.2) is 0 Å². The molecule has 1 atom stereocenters. The van der Waals surface area contributed by atoms with Crippen LogP contribution in [-0.4, -0.2) is 23.9 Å². The average molecular weight is 404 g/mol. The van der Waals surface area contributed by atoms with Crippen LogP contribution in [-0.2, 0) is 19.6 Å². The van der Waals surface area contributed by atoms with Crippen LogP contribution >= 0.6 is 0 Å². The Balaban J connectivity index is 1.47. The lowest BCUT2D eigenvalue weighted by atomic mass is 10.1. The Morgan fingerprint density at radius 1 is 0.833 bits per heavy atom. The minimum Gasteiger partial charge on any atom is -0.450 e. The Morgan fingerprint density at radius 3 is 2.20 bits per heavy atom. The molecule has 156 valence electrons. The van der Waals surface area contributed by atoms with E-state index >= 15 is 0 Å². The summed E-state index contributed by atoms with van der Waals surface area (Å²) < 4.78 is 6.01. The van der Waals surface area contributed by atoms with Gasteiger partial charge in [0, 0.05) is 24.2 Å². The van der Waals surface area contributed by atoms with Gasteiger partial charge in [0.25, 0.3) is 5.91 Å². The van der Waals surface area contributed by atoms with Gasteiger partial charge in [-0.2, -0.15) is 0 Å². The highest BCUT2D eigenvalue weighted by Gasteiger charge is 2.22. The zero-order valence-electron chi connectivity index (χ0n) is 17.8. The van der Waals surface area contributed by atoms with Crippen molar-refractivity contribution >= 4 is 5.91 Å². The quantitative estimate of drug-likeness (QED) is 0.648. The number of carbonyl (C=O) groups excluding carboxylic acids is 1. The van der Waals surface area contributed by atoms with E-state index in [0.717, 1.165) is 51.3 Å². The van der Waals surface area contributed by atoms with Crippen molar-refractivity contribution in [3.8, 4) is 0 Å². The topological polar surface area (TPSA) is 37.9 Å². The molecule has 0 bridgehead atoms. The Labute approximate surface area is 179 Å². The lowest BCUT2D eigenvalue weighted by molar-refractivity contribution is -0.942. The van der Waals surface area contributed by atoms with Gasteiger partial charge in [0.2, 0.25) is 0 Å². The number of likely N-dealkylation sites (tertiary alicyclic amines) is 1. The summed E-state index contributed by atoms with van der Waals surface area (Å²) in [6.45, 7) is 6.36. The third-order valence-electron chi connectivity index (χ3n) is 5.81. The Morgan fingerprint density at radius 2 is 1.50 bits per heavy atom. The van der Waals surface area contributed by atoms with Gasteiger partial charge in [0.1, 0.15) is 19.6 Å². The summed E-state index contributed by atoms with van der Waals surface area (Å²) in [5, 5.41) is 0. The molecule has 0 aliphatic carbocycles. The summed E-state index contributed by atoms with van der Waals surface area (Å²) in [6, 6.07) is 23.1. The van der Waals surface area contributed by atoms with E-state index in [0.29, 0.717) is 5.76 Å². The second-order valence-corrected chi connectivity index (χ2v) is 8.37. The highest BCUT2D eigenvalue weighted by molar-refractivity contribution is 5.91. The number of nitrogens with one attached hydrogen (secondary N) is 1. The molecule has 1 aromatic heterocycles. The molecule has 4 heteroatoms. The average Bonchev–Trinajstić information content (AvgIpc) is 3.24. The molecule has 2 aromatic carbocycles. The van der Waals surface area contributed by atoms with Crippen LogP contribution < -0.4 is 4.90 Å². The summed E-state index contributed by atoms with van der Waals surface area (Å²) in [7, 11) is 0. The van der Waals surface area contributed by atoms with Crippen LogP contribution in [0.4, 0.5) is 0 Å². The summed E-state index contributed by atoms with van der Waals surface area (Å²) in [5.41, 5.74) is 3.88. The number of benzene rings is 2. The van der Waals surface area contributed by atoms with Crippen LogP contribution in [0, 0.1) is 6.92 Å². The van der Waals surface area contributed by atoms with Gasteiger partial charge < -0.3 is 14.2 Å². The highest BCUT2D eigenvalue weighted by atomic mass is 16.4. The van der Waals surface area contributed by atoms with Crippen molar-refractivity contribution in [1.29, 1.82) is 0 Å². The number of quaternary nitrogens is 1. The van der Waals surface area contributed by atoms with E-state index in [1.165, 1.54) is 28.0 Å². The molecular formula is C26H31N2O2+. The normalized spacial score (nSPS) is 15.2. The van der Waals surface area contributed by atoms with Gasteiger partial charge in [-0.15, -0.1) is 0 Å². The van der Waals surface area contributed by atoms with Gasteiger partial charge in [-0.1, -0.05) is 60.2 Å². The molecule has 1 aliphatic heterocycles. The molecule has 0 spiro atoms. The van der Waals surface area contributed by atoms with Gasteiger partial charge in [0.15, 0.2) is 11.5 Å². The van der Waals surface area contributed by atoms with Crippen molar-refractivity contribution in [3.05, 3.63) is 94.9 Å². The van der Waals surface area contributed by atoms with E-state index in [1.54, 1.807) is 0 Å². The van der Waals surface area contributed by atoms with Crippen molar-refractivity contribution in [3.63, 3.8) is 0 Å². The van der Waals surface area contributed by atoms with Crippen molar-refractivity contribution in [2.75, 3.05) is 13.1 Å². The van der Waals surface area contributed by atoms with Gasteiger partial charge in [-0.3, -0.25) is 4.79 Å². The lowest BCUT2D eigenvalue weighted by Crippen LogP contribution is -3.08. The van der Waals surface area contributed by atoms with Crippen molar-refractivity contribution < 1.29 is 14.1 Å². The van der Waals surface area contributed by atoms with Crippen LogP contribution in [0.15, 0.2) is 71.1 Å². The van der Waals surface area contributed by atoms with E-state index in [-0.39, 0.29) is 5.91 Å². The van der Waals surface area contributed by atoms with E-state index in [1.807, 2.05) is 23.1 Å².